The molecule has 9 nitrogen and oxygen atoms in total. The Morgan fingerprint density at radius 1 is 0.952 bits per heavy atom. The van der Waals surface area contributed by atoms with Crippen LogP contribution >= 0.6 is 0 Å². The van der Waals surface area contributed by atoms with E-state index < -0.39 is 34.5 Å². The molecular weight excluding hydrogens is 559 g/mol. The molecule has 3 aromatic rings. The van der Waals surface area contributed by atoms with Gasteiger partial charge in [-0.15, -0.1) is 0 Å². The van der Waals surface area contributed by atoms with Gasteiger partial charge in [-0.1, -0.05) is 67.9 Å². The number of halogens is 1. The first-order valence-corrected chi connectivity index (χ1v) is 15.2. The number of unbranched alkanes of at least 4 members (excludes halogenated alkanes) is 1. The van der Waals surface area contributed by atoms with Gasteiger partial charge in [0, 0.05) is 33.6 Å². The van der Waals surface area contributed by atoms with E-state index in [0.717, 1.165) is 33.1 Å². The van der Waals surface area contributed by atoms with Crippen molar-refractivity contribution in [2.45, 2.75) is 38.8 Å². The topological polar surface area (TPSA) is 99.3 Å². The normalized spacial score (nSPS) is 12.0. The molecule has 0 aromatic heterocycles. The lowest BCUT2D eigenvalue weighted by Gasteiger charge is -2.34. The summed E-state index contributed by atoms with van der Waals surface area (Å²) in [4.78, 5) is 29.2. The number of benzene rings is 3. The zero-order valence-electron chi connectivity index (χ0n) is 24.5. The molecule has 0 heterocycles. The standard InChI is InChI=1S/C31H39FN4O5S/c1-5-6-19-33-31(38)29(21-24-13-8-7-9-14-24)35(22-25-15-12-16-26(20-25)41-4)30(37)23-36(42(39,40)34(2)3)28-18-11-10-17-27(28)32/h7-18,20,29H,5-6,19,21-23H2,1-4H3,(H,33,38)/t29-/m0/s1. The number of nitrogens with zero attached hydrogens (tertiary/aromatic N) is 3. The lowest BCUT2D eigenvalue weighted by Crippen LogP contribution is -2.54. The van der Waals surface area contributed by atoms with E-state index in [4.69, 9.17) is 4.74 Å². The summed E-state index contributed by atoms with van der Waals surface area (Å²) in [6.45, 7) is 1.70. The average molecular weight is 599 g/mol. The van der Waals surface area contributed by atoms with E-state index in [9.17, 15) is 22.4 Å². The van der Waals surface area contributed by atoms with Crippen LogP contribution in [0.2, 0.25) is 0 Å². The monoisotopic (exact) mass is 598 g/mol. The van der Waals surface area contributed by atoms with Gasteiger partial charge in [0.15, 0.2) is 0 Å². The Morgan fingerprint density at radius 3 is 2.26 bits per heavy atom. The van der Waals surface area contributed by atoms with Gasteiger partial charge in [0.25, 0.3) is 0 Å². The minimum Gasteiger partial charge on any atom is -0.497 e. The Kier molecular flexibility index (Phi) is 11.9. The maximum Gasteiger partial charge on any atom is 0.304 e. The molecular formula is C31H39FN4O5S. The van der Waals surface area contributed by atoms with Crippen LogP contribution in [0, 0.1) is 5.82 Å². The second kappa shape index (κ2) is 15.3. The van der Waals surface area contributed by atoms with Crippen LogP contribution in [0.4, 0.5) is 10.1 Å². The van der Waals surface area contributed by atoms with Gasteiger partial charge in [0.2, 0.25) is 11.8 Å². The van der Waals surface area contributed by atoms with Crippen LogP contribution in [0.5, 0.6) is 5.75 Å². The number of carbonyl (C=O) groups excluding carboxylic acids is 2. The molecule has 3 aromatic carbocycles. The number of hydrogen-bond acceptors (Lipinski definition) is 5. The van der Waals surface area contributed by atoms with Gasteiger partial charge >= 0.3 is 10.2 Å². The van der Waals surface area contributed by atoms with Crippen molar-refractivity contribution in [2.24, 2.45) is 0 Å². The molecule has 0 saturated heterocycles. The van der Waals surface area contributed by atoms with E-state index in [0.29, 0.717) is 17.9 Å². The molecule has 11 heteroatoms. The van der Waals surface area contributed by atoms with Crippen LogP contribution in [-0.4, -0.2) is 69.8 Å². The number of methoxy groups -OCH3 is 1. The van der Waals surface area contributed by atoms with Crippen molar-refractivity contribution in [1.29, 1.82) is 0 Å². The second-order valence-electron chi connectivity index (χ2n) is 9.97. The van der Waals surface area contributed by atoms with Gasteiger partial charge in [-0.2, -0.15) is 12.7 Å². The van der Waals surface area contributed by atoms with E-state index in [1.54, 1.807) is 24.3 Å². The van der Waals surface area contributed by atoms with Crippen molar-refractivity contribution in [3.8, 4) is 5.75 Å². The predicted molar refractivity (Wildman–Crippen MR) is 162 cm³/mol. The third-order valence-corrected chi connectivity index (χ3v) is 8.53. The van der Waals surface area contributed by atoms with Crippen molar-refractivity contribution in [3.05, 3.63) is 95.8 Å². The molecule has 0 aliphatic heterocycles. The van der Waals surface area contributed by atoms with E-state index in [1.807, 2.05) is 37.3 Å². The van der Waals surface area contributed by atoms with Crippen LogP contribution in [0.3, 0.4) is 0 Å². The first-order valence-electron chi connectivity index (χ1n) is 13.8. The summed E-state index contributed by atoms with van der Waals surface area (Å²) >= 11 is 0. The fourth-order valence-electron chi connectivity index (χ4n) is 4.38. The van der Waals surface area contributed by atoms with Crippen molar-refractivity contribution in [1.82, 2.24) is 14.5 Å². The summed E-state index contributed by atoms with van der Waals surface area (Å²) < 4.78 is 48.7. The number of anilines is 1. The van der Waals surface area contributed by atoms with E-state index in [2.05, 4.69) is 5.32 Å². The SMILES string of the molecule is CCCCNC(=O)[C@H](Cc1ccccc1)N(Cc1cccc(OC)c1)C(=O)CN(c1ccccc1F)S(=O)(=O)N(C)C. The van der Waals surface area contributed by atoms with Crippen molar-refractivity contribution in [2.75, 3.05) is 38.6 Å². The van der Waals surface area contributed by atoms with Crippen LogP contribution in [0.1, 0.15) is 30.9 Å². The fourth-order valence-corrected chi connectivity index (χ4v) is 5.45. The zero-order valence-corrected chi connectivity index (χ0v) is 25.3. The largest absolute Gasteiger partial charge is 0.497 e. The number of hydrogen-bond donors (Lipinski definition) is 1. The Balaban J connectivity index is 2.10. The Morgan fingerprint density at radius 2 is 1.62 bits per heavy atom. The Labute approximate surface area is 248 Å². The van der Waals surface area contributed by atoms with Crippen molar-refractivity contribution in [3.63, 3.8) is 0 Å². The van der Waals surface area contributed by atoms with Gasteiger partial charge in [-0.25, -0.2) is 8.70 Å². The lowest BCUT2D eigenvalue weighted by atomic mass is 10.0. The fraction of sp³-hybridized carbons (Fsp3) is 0.355. The molecule has 0 unspecified atom stereocenters. The molecule has 1 N–H and O–H groups in total. The Hall–Kier alpha value is -3.96. The second-order valence-corrected chi connectivity index (χ2v) is 12.0. The Bertz CT molecular complexity index is 1440. The van der Waals surface area contributed by atoms with Crippen molar-refractivity contribution < 1.29 is 27.1 Å². The first-order chi connectivity index (χ1) is 20.1. The average Bonchev–Trinajstić information content (AvgIpc) is 2.98. The number of amides is 2. The third-order valence-electron chi connectivity index (χ3n) is 6.73. The van der Waals surface area contributed by atoms with E-state index in [-0.39, 0.29) is 24.6 Å². The van der Waals surface area contributed by atoms with Crippen LogP contribution in [-0.2, 0) is 32.8 Å². The van der Waals surface area contributed by atoms with Crippen LogP contribution < -0.4 is 14.4 Å². The van der Waals surface area contributed by atoms with Crippen LogP contribution in [0.25, 0.3) is 0 Å². The zero-order chi connectivity index (χ0) is 30.7. The molecule has 226 valence electrons. The third kappa shape index (κ3) is 8.53. The minimum absolute atomic E-state index is 0.0120. The maximum absolute atomic E-state index is 14.9. The van der Waals surface area contributed by atoms with Gasteiger partial charge in [0.05, 0.1) is 12.8 Å². The molecule has 0 aliphatic rings. The summed E-state index contributed by atoms with van der Waals surface area (Å²) in [6.07, 6.45) is 1.82. The van der Waals surface area contributed by atoms with Gasteiger partial charge in [0.1, 0.15) is 24.2 Å². The molecule has 2 amide bonds. The van der Waals surface area contributed by atoms with E-state index in [1.165, 1.54) is 44.3 Å². The highest BCUT2D eigenvalue weighted by Gasteiger charge is 2.35. The molecule has 3 rings (SSSR count). The number of ether oxygens (including phenoxy) is 1. The molecule has 0 fully saturated rings. The van der Waals surface area contributed by atoms with Gasteiger partial charge < -0.3 is 15.0 Å². The highest BCUT2D eigenvalue weighted by atomic mass is 32.2. The van der Waals surface area contributed by atoms with Gasteiger partial charge in [-0.05, 0) is 41.8 Å². The smallest absolute Gasteiger partial charge is 0.304 e. The van der Waals surface area contributed by atoms with Gasteiger partial charge in [-0.3, -0.25) is 9.59 Å². The van der Waals surface area contributed by atoms with Crippen LogP contribution in [0.15, 0.2) is 78.9 Å². The molecule has 0 radical (unpaired) electrons. The summed E-state index contributed by atoms with van der Waals surface area (Å²) in [5, 5.41) is 2.93. The summed E-state index contributed by atoms with van der Waals surface area (Å²) in [5.41, 5.74) is 1.23. The number of nitrogens with one attached hydrogen (secondary N) is 1. The first kappa shape index (κ1) is 32.6. The summed E-state index contributed by atoms with van der Waals surface area (Å²) in [5.74, 6) is -1.27. The maximum atomic E-state index is 14.9. The number of rotatable bonds is 15. The number of carbonyl (C=O) groups is 2. The molecule has 0 spiro atoms. The summed E-state index contributed by atoms with van der Waals surface area (Å²) in [6, 6.07) is 20.7. The molecule has 0 bridgehead atoms. The molecule has 42 heavy (non-hydrogen) atoms. The quantitative estimate of drug-likeness (QED) is 0.267. The molecule has 0 saturated carbocycles. The van der Waals surface area contributed by atoms with Crippen molar-refractivity contribution >= 4 is 27.7 Å². The predicted octanol–water partition coefficient (Wildman–Crippen LogP) is 4.00. The number of para-hydroxylation sites is 1. The highest BCUT2D eigenvalue weighted by molar-refractivity contribution is 7.90. The minimum atomic E-state index is -4.29. The molecule has 1 atom stereocenters. The lowest BCUT2D eigenvalue weighted by molar-refractivity contribution is -0.140. The molecule has 0 aliphatic carbocycles. The van der Waals surface area contributed by atoms with E-state index >= 15 is 0 Å². The highest BCUT2D eigenvalue weighted by Crippen LogP contribution is 2.25. The summed E-state index contributed by atoms with van der Waals surface area (Å²) in [7, 11) is -0.150.